The number of nitrogens with one attached hydrogen (secondary N) is 1. The first-order valence-corrected chi connectivity index (χ1v) is 7.80. The van der Waals surface area contributed by atoms with Gasteiger partial charge < -0.3 is 15.0 Å². The highest BCUT2D eigenvalue weighted by Gasteiger charge is 2.09. The van der Waals surface area contributed by atoms with Crippen LogP contribution in [0.15, 0.2) is 36.5 Å². The molecule has 0 aliphatic rings. The number of ether oxygens (including phenoxy) is 1. The molecule has 0 bridgehead atoms. The van der Waals surface area contributed by atoms with E-state index in [0.29, 0.717) is 24.7 Å². The minimum absolute atomic E-state index is 0.125. The summed E-state index contributed by atoms with van der Waals surface area (Å²) in [5.74, 6) is 1.25. The molecular formula is C18H23N3O2. The molecule has 2 aromatic rings. The van der Waals surface area contributed by atoms with Crippen molar-refractivity contribution in [1.82, 2.24) is 9.88 Å². The number of nitrogens with zero attached hydrogens (tertiary/aromatic N) is 2. The maximum absolute atomic E-state index is 12.0. The van der Waals surface area contributed by atoms with Gasteiger partial charge in [0.05, 0.1) is 11.9 Å². The molecule has 23 heavy (non-hydrogen) atoms. The second-order valence-electron chi connectivity index (χ2n) is 5.34. The summed E-state index contributed by atoms with van der Waals surface area (Å²) in [6.45, 7) is 9.34. The number of amides is 2. The highest BCUT2D eigenvalue weighted by atomic mass is 16.5. The van der Waals surface area contributed by atoms with E-state index in [0.717, 1.165) is 5.75 Å². The van der Waals surface area contributed by atoms with Gasteiger partial charge in [0, 0.05) is 19.2 Å². The maximum atomic E-state index is 12.0. The van der Waals surface area contributed by atoms with Crippen molar-refractivity contribution in [3.8, 4) is 11.6 Å². The van der Waals surface area contributed by atoms with Crippen LogP contribution in [0.5, 0.6) is 11.6 Å². The van der Waals surface area contributed by atoms with E-state index >= 15 is 0 Å². The fourth-order valence-electron chi connectivity index (χ4n) is 2.13. The molecule has 0 spiro atoms. The number of benzene rings is 1. The van der Waals surface area contributed by atoms with Crippen LogP contribution in [0.1, 0.15) is 25.0 Å². The third-order valence-electron chi connectivity index (χ3n) is 3.74. The fraction of sp³-hybridized carbons (Fsp3) is 0.333. The van der Waals surface area contributed by atoms with Crippen LogP contribution in [0.25, 0.3) is 0 Å². The lowest BCUT2D eigenvalue weighted by Crippen LogP contribution is -2.34. The molecule has 0 unspecified atom stereocenters. The molecule has 122 valence electrons. The summed E-state index contributed by atoms with van der Waals surface area (Å²) < 4.78 is 5.73. The van der Waals surface area contributed by atoms with Crippen molar-refractivity contribution in [2.75, 3.05) is 18.4 Å². The summed E-state index contributed by atoms with van der Waals surface area (Å²) >= 11 is 0. The van der Waals surface area contributed by atoms with Crippen molar-refractivity contribution in [2.24, 2.45) is 0 Å². The van der Waals surface area contributed by atoms with Gasteiger partial charge in [-0.1, -0.05) is 6.07 Å². The lowest BCUT2D eigenvalue weighted by atomic mass is 10.1. The first kappa shape index (κ1) is 16.8. The molecule has 2 amide bonds. The third-order valence-corrected chi connectivity index (χ3v) is 3.74. The molecule has 1 aromatic carbocycles. The largest absolute Gasteiger partial charge is 0.439 e. The van der Waals surface area contributed by atoms with Gasteiger partial charge >= 0.3 is 6.03 Å². The lowest BCUT2D eigenvalue weighted by molar-refractivity contribution is 0.217. The quantitative estimate of drug-likeness (QED) is 0.892. The van der Waals surface area contributed by atoms with Gasteiger partial charge in [-0.2, -0.15) is 0 Å². The molecule has 0 atom stereocenters. The molecule has 0 aliphatic heterocycles. The number of carbonyl (C=O) groups is 1. The van der Waals surface area contributed by atoms with Gasteiger partial charge in [-0.25, -0.2) is 9.78 Å². The second kappa shape index (κ2) is 7.63. The Labute approximate surface area is 137 Å². The van der Waals surface area contributed by atoms with Gasteiger partial charge in [0.2, 0.25) is 5.88 Å². The predicted octanol–water partition coefficient (Wildman–Crippen LogP) is 4.36. The average Bonchev–Trinajstić information content (AvgIpc) is 2.54. The molecule has 2 rings (SSSR count). The number of hydrogen-bond donors (Lipinski definition) is 1. The van der Waals surface area contributed by atoms with E-state index in [9.17, 15) is 4.79 Å². The summed E-state index contributed by atoms with van der Waals surface area (Å²) in [5.41, 5.74) is 3.04. The summed E-state index contributed by atoms with van der Waals surface area (Å²) in [7, 11) is 0. The summed E-state index contributed by atoms with van der Waals surface area (Å²) in [6.07, 6.45) is 1.60. The van der Waals surface area contributed by atoms with Crippen molar-refractivity contribution in [3.63, 3.8) is 0 Å². The van der Waals surface area contributed by atoms with E-state index in [2.05, 4.69) is 17.2 Å². The SMILES string of the molecule is CCN(CC)C(=O)Nc1ccc(Oc2ccc(C)c(C)c2)nc1. The molecule has 0 aliphatic carbocycles. The van der Waals surface area contributed by atoms with E-state index in [1.165, 1.54) is 11.1 Å². The molecular weight excluding hydrogens is 290 g/mol. The summed E-state index contributed by atoms with van der Waals surface area (Å²) in [6, 6.07) is 9.31. The second-order valence-corrected chi connectivity index (χ2v) is 5.34. The van der Waals surface area contributed by atoms with Crippen molar-refractivity contribution in [2.45, 2.75) is 27.7 Å². The Kier molecular flexibility index (Phi) is 5.57. The Morgan fingerprint density at radius 3 is 2.43 bits per heavy atom. The molecule has 0 fully saturated rings. The Hall–Kier alpha value is -2.56. The zero-order chi connectivity index (χ0) is 16.8. The minimum Gasteiger partial charge on any atom is -0.439 e. The number of urea groups is 1. The van der Waals surface area contributed by atoms with Crippen LogP contribution < -0.4 is 10.1 Å². The first-order chi connectivity index (χ1) is 11.0. The summed E-state index contributed by atoms with van der Waals surface area (Å²) in [4.78, 5) is 17.9. The number of carbonyl (C=O) groups excluding carboxylic acids is 1. The normalized spacial score (nSPS) is 10.3. The van der Waals surface area contributed by atoms with E-state index in [1.807, 2.05) is 39.0 Å². The highest BCUT2D eigenvalue weighted by Crippen LogP contribution is 2.23. The van der Waals surface area contributed by atoms with Crippen molar-refractivity contribution < 1.29 is 9.53 Å². The van der Waals surface area contributed by atoms with Crippen LogP contribution in [0, 0.1) is 13.8 Å². The van der Waals surface area contributed by atoms with Crippen LogP contribution in [0.3, 0.4) is 0 Å². The molecule has 1 aromatic heterocycles. The van der Waals surface area contributed by atoms with Crippen molar-refractivity contribution in [1.29, 1.82) is 0 Å². The Balaban J connectivity index is 2.01. The van der Waals surface area contributed by atoms with E-state index in [-0.39, 0.29) is 6.03 Å². The zero-order valence-electron chi connectivity index (χ0n) is 14.1. The number of anilines is 1. The van der Waals surface area contributed by atoms with Gasteiger partial charge in [0.15, 0.2) is 0 Å². The molecule has 0 radical (unpaired) electrons. The standard InChI is InChI=1S/C18H23N3O2/c1-5-21(6-2)18(22)20-15-8-10-17(19-12-15)23-16-9-7-13(3)14(4)11-16/h7-12H,5-6H2,1-4H3,(H,20,22). The Bertz CT molecular complexity index is 664. The van der Waals surface area contributed by atoms with E-state index < -0.39 is 0 Å². The smallest absolute Gasteiger partial charge is 0.321 e. The number of hydrogen-bond acceptors (Lipinski definition) is 3. The zero-order valence-corrected chi connectivity index (χ0v) is 14.1. The molecule has 5 nitrogen and oxygen atoms in total. The number of rotatable bonds is 5. The third kappa shape index (κ3) is 4.45. The van der Waals surface area contributed by atoms with Gasteiger partial charge in [0.25, 0.3) is 0 Å². The van der Waals surface area contributed by atoms with Gasteiger partial charge in [-0.3, -0.25) is 0 Å². The van der Waals surface area contributed by atoms with Gasteiger partial charge in [-0.05, 0) is 57.0 Å². The van der Waals surface area contributed by atoms with Crippen LogP contribution in [-0.2, 0) is 0 Å². The fourth-order valence-corrected chi connectivity index (χ4v) is 2.13. The van der Waals surface area contributed by atoms with Crippen LogP contribution in [0.2, 0.25) is 0 Å². The van der Waals surface area contributed by atoms with Crippen LogP contribution in [0.4, 0.5) is 10.5 Å². The molecule has 5 heteroatoms. The molecule has 1 heterocycles. The minimum atomic E-state index is -0.125. The maximum Gasteiger partial charge on any atom is 0.321 e. The lowest BCUT2D eigenvalue weighted by Gasteiger charge is -2.19. The number of pyridine rings is 1. The molecule has 1 N–H and O–H groups in total. The first-order valence-electron chi connectivity index (χ1n) is 7.80. The topological polar surface area (TPSA) is 54.5 Å². The number of aryl methyl sites for hydroxylation is 2. The predicted molar refractivity (Wildman–Crippen MR) is 92.2 cm³/mol. The molecule has 0 saturated heterocycles. The van der Waals surface area contributed by atoms with Gasteiger partial charge in [0.1, 0.15) is 5.75 Å². The summed E-state index contributed by atoms with van der Waals surface area (Å²) in [5, 5.41) is 2.82. The Morgan fingerprint density at radius 1 is 1.13 bits per heavy atom. The van der Waals surface area contributed by atoms with E-state index in [1.54, 1.807) is 23.2 Å². The van der Waals surface area contributed by atoms with Crippen molar-refractivity contribution >= 4 is 11.7 Å². The number of aromatic nitrogens is 1. The van der Waals surface area contributed by atoms with Crippen LogP contribution in [-0.4, -0.2) is 29.0 Å². The van der Waals surface area contributed by atoms with Gasteiger partial charge in [-0.15, -0.1) is 0 Å². The monoisotopic (exact) mass is 313 g/mol. The molecule has 0 saturated carbocycles. The van der Waals surface area contributed by atoms with Crippen LogP contribution >= 0.6 is 0 Å². The van der Waals surface area contributed by atoms with Crippen molar-refractivity contribution in [3.05, 3.63) is 47.7 Å². The Morgan fingerprint density at radius 2 is 1.87 bits per heavy atom. The average molecular weight is 313 g/mol. The van der Waals surface area contributed by atoms with E-state index in [4.69, 9.17) is 4.74 Å². The highest BCUT2D eigenvalue weighted by molar-refractivity contribution is 5.89.